The van der Waals surface area contributed by atoms with Crippen molar-refractivity contribution in [3.8, 4) is 17.2 Å². The van der Waals surface area contributed by atoms with Gasteiger partial charge in [0.05, 0.1) is 43.0 Å². The van der Waals surface area contributed by atoms with Crippen LogP contribution in [-0.4, -0.2) is 60.8 Å². The molecule has 2 aromatic carbocycles. The van der Waals surface area contributed by atoms with Crippen LogP contribution in [-0.2, 0) is 9.59 Å². The largest absolute Gasteiger partial charge is 0.507 e. The summed E-state index contributed by atoms with van der Waals surface area (Å²) in [5.41, 5.74) is 0.699. The number of Topliss-reactive ketones (excluding diaryl/α,β-unsaturated/α-hetero) is 1. The lowest BCUT2D eigenvalue weighted by molar-refractivity contribution is -0.139. The Labute approximate surface area is 203 Å². The van der Waals surface area contributed by atoms with E-state index in [1.165, 1.54) is 31.3 Å². The van der Waals surface area contributed by atoms with E-state index in [2.05, 4.69) is 0 Å². The minimum Gasteiger partial charge on any atom is -0.507 e. The summed E-state index contributed by atoms with van der Waals surface area (Å²) in [6, 6.07) is 9.00. The van der Waals surface area contributed by atoms with Crippen LogP contribution in [0.3, 0.4) is 0 Å². The molecule has 1 aliphatic heterocycles. The first-order valence-corrected chi connectivity index (χ1v) is 11.3. The van der Waals surface area contributed by atoms with Crippen LogP contribution in [0.1, 0.15) is 36.9 Å². The predicted octanol–water partition coefficient (Wildman–Crippen LogP) is 3.95. The molecule has 1 heterocycles. The molecule has 1 atom stereocenters. The topological polar surface area (TPSA) is 106 Å². The molecule has 1 amide bonds. The van der Waals surface area contributed by atoms with Gasteiger partial charge in [0.2, 0.25) is 0 Å². The van der Waals surface area contributed by atoms with E-state index >= 15 is 0 Å². The molecule has 1 saturated heterocycles. The molecule has 3 rings (SSSR count). The fourth-order valence-electron chi connectivity index (χ4n) is 3.91. The van der Waals surface area contributed by atoms with E-state index in [1.54, 1.807) is 24.3 Å². The van der Waals surface area contributed by atoms with Crippen LogP contribution >= 0.6 is 11.6 Å². The number of methoxy groups -OCH3 is 2. The highest BCUT2D eigenvalue weighted by Crippen LogP contribution is 2.43. The van der Waals surface area contributed by atoms with Gasteiger partial charge in [0.1, 0.15) is 29.6 Å². The Balaban J connectivity index is 2.22. The first-order chi connectivity index (χ1) is 16.4. The summed E-state index contributed by atoms with van der Waals surface area (Å²) in [6.07, 6.45) is 1.50. The SMILES string of the molecule is CCCCN1C(=O)C(=O)/C(=C(/O)c2cc(OC)c(Cl)cc2OC)C1c1cccc(OCCO)c1. The highest BCUT2D eigenvalue weighted by atomic mass is 35.5. The molecule has 1 fully saturated rings. The number of halogens is 1. The minimum atomic E-state index is -0.837. The summed E-state index contributed by atoms with van der Waals surface area (Å²) >= 11 is 6.20. The Morgan fingerprint density at radius 2 is 1.85 bits per heavy atom. The van der Waals surface area contributed by atoms with Crippen LogP contribution in [0.25, 0.3) is 5.76 Å². The summed E-state index contributed by atoms with van der Waals surface area (Å²) < 4.78 is 16.2. The fourth-order valence-corrected chi connectivity index (χ4v) is 4.14. The van der Waals surface area contributed by atoms with Crippen molar-refractivity contribution in [1.29, 1.82) is 0 Å². The van der Waals surface area contributed by atoms with Gasteiger partial charge >= 0.3 is 0 Å². The van der Waals surface area contributed by atoms with E-state index in [4.69, 9.17) is 30.9 Å². The van der Waals surface area contributed by atoms with Crippen LogP contribution in [0.2, 0.25) is 5.02 Å². The molecule has 182 valence electrons. The van der Waals surface area contributed by atoms with Gasteiger partial charge in [-0.15, -0.1) is 0 Å². The van der Waals surface area contributed by atoms with Crippen molar-refractivity contribution in [2.75, 3.05) is 34.0 Å². The Bertz CT molecular complexity index is 1100. The van der Waals surface area contributed by atoms with Gasteiger partial charge in [-0.25, -0.2) is 0 Å². The number of hydrogen-bond acceptors (Lipinski definition) is 7. The standard InChI is InChI=1S/C25H28ClNO7/c1-4-5-9-27-22(15-7-6-8-16(12-15)34-11-10-28)21(24(30)25(27)31)23(29)17-13-20(33-3)18(26)14-19(17)32-2/h6-8,12-14,22,28-29H,4-5,9-11H2,1-3H3/b23-21+. The average molecular weight is 490 g/mol. The summed E-state index contributed by atoms with van der Waals surface area (Å²) in [6.45, 7) is 2.27. The number of unbranched alkanes of at least 4 members (excludes halogenated alkanes) is 1. The maximum atomic E-state index is 13.2. The highest BCUT2D eigenvalue weighted by Gasteiger charge is 2.46. The molecule has 8 nitrogen and oxygen atoms in total. The van der Waals surface area contributed by atoms with E-state index in [1.807, 2.05) is 6.92 Å². The predicted molar refractivity (Wildman–Crippen MR) is 127 cm³/mol. The van der Waals surface area contributed by atoms with Crippen molar-refractivity contribution >= 4 is 29.1 Å². The van der Waals surface area contributed by atoms with Crippen molar-refractivity contribution in [3.63, 3.8) is 0 Å². The van der Waals surface area contributed by atoms with Crippen molar-refractivity contribution in [1.82, 2.24) is 4.90 Å². The zero-order valence-electron chi connectivity index (χ0n) is 19.3. The van der Waals surface area contributed by atoms with Crippen LogP contribution < -0.4 is 14.2 Å². The summed E-state index contributed by atoms with van der Waals surface area (Å²) in [7, 11) is 2.84. The average Bonchev–Trinajstić information content (AvgIpc) is 3.10. The van der Waals surface area contributed by atoms with Gasteiger partial charge in [-0.3, -0.25) is 9.59 Å². The number of hydrogen-bond donors (Lipinski definition) is 2. The number of amides is 1. The molecule has 0 spiro atoms. The summed E-state index contributed by atoms with van der Waals surface area (Å²) in [5.74, 6) is -0.908. The van der Waals surface area contributed by atoms with E-state index in [-0.39, 0.29) is 40.9 Å². The maximum absolute atomic E-state index is 13.2. The Kier molecular flexibility index (Phi) is 8.41. The normalized spacial score (nSPS) is 17.2. The van der Waals surface area contributed by atoms with Crippen LogP contribution in [0, 0.1) is 0 Å². The third kappa shape index (κ3) is 4.98. The number of nitrogens with zero attached hydrogens (tertiary/aromatic N) is 1. The number of ether oxygens (including phenoxy) is 3. The number of rotatable bonds is 10. The van der Waals surface area contributed by atoms with Crippen LogP contribution in [0.15, 0.2) is 42.0 Å². The molecule has 1 unspecified atom stereocenters. The van der Waals surface area contributed by atoms with Gasteiger partial charge in [-0.1, -0.05) is 37.1 Å². The van der Waals surface area contributed by atoms with Gasteiger partial charge in [-0.05, 0) is 30.2 Å². The number of carbonyl (C=O) groups is 2. The van der Waals surface area contributed by atoms with E-state index < -0.39 is 23.5 Å². The molecule has 0 aliphatic carbocycles. The van der Waals surface area contributed by atoms with E-state index in [0.29, 0.717) is 24.3 Å². The molecule has 0 bridgehead atoms. The molecular weight excluding hydrogens is 462 g/mol. The number of likely N-dealkylation sites (tertiary alicyclic amines) is 1. The molecule has 2 aromatic rings. The number of benzene rings is 2. The lowest BCUT2D eigenvalue weighted by Gasteiger charge is -2.25. The molecule has 0 saturated carbocycles. The second-order valence-corrected chi connectivity index (χ2v) is 8.08. The molecule has 9 heteroatoms. The molecular formula is C25H28ClNO7. The van der Waals surface area contributed by atoms with E-state index in [0.717, 1.165) is 6.42 Å². The zero-order valence-corrected chi connectivity index (χ0v) is 20.1. The van der Waals surface area contributed by atoms with Crippen molar-refractivity contribution in [2.45, 2.75) is 25.8 Å². The van der Waals surface area contributed by atoms with Crippen molar-refractivity contribution < 1.29 is 34.0 Å². The third-order valence-corrected chi connectivity index (χ3v) is 5.85. The molecule has 1 aliphatic rings. The number of aliphatic hydroxyl groups is 2. The molecule has 2 N–H and O–H groups in total. The van der Waals surface area contributed by atoms with Crippen molar-refractivity contribution in [2.24, 2.45) is 0 Å². The fraction of sp³-hybridized carbons (Fsp3) is 0.360. The van der Waals surface area contributed by atoms with Gasteiger partial charge in [-0.2, -0.15) is 0 Å². The maximum Gasteiger partial charge on any atom is 0.295 e. The zero-order chi connectivity index (χ0) is 24.8. The first-order valence-electron chi connectivity index (χ1n) is 10.9. The molecule has 0 aromatic heterocycles. The van der Waals surface area contributed by atoms with Gasteiger partial charge in [0, 0.05) is 12.6 Å². The first kappa shape index (κ1) is 25.4. The molecule has 34 heavy (non-hydrogen) atoms. The second-order valence-electron chi connectivity index (χ2n) is 7.68. The highest BCUT2D eigenvalue weighted by molar-refractivity contribution is 6.46. The smallest absolute Gasteiger partial charge is 0.295 e. The van der Waals surface area contributed by atoms with Crippen LogP contribution in [0.5, 0.6) is 17.2 Å². The third-order valence-electron chi connectivity index (χ3n) is 5.56. The van der Waals surface area contributed by atoms with Gasteiger partial charge in [0.15, 0.2) is 0 Å². The Morgan fingerprint density at radius 3 is 2.50 bits per heavy atom. The van der Waals surface area contributed by atoms with Crippen molar-refractivity contribution in [3.05, 3.63) is 58.1 Å². The number of ketones is 1. The second kappa shape index (κ2) is 11.3. The number of carbonyl (C=O) groups excluding carboxylic acids is 2. The van der Waals surface area contributed by atoms with E-state index in [9.17, 15) is 14.7 Å². The lowest BCUT2D eigenvalue weighted by Crippen LogP contribution is -2.30. The van der Waals surface area contributed by atoms with Crippen LogP contribution in [0.4, 0.5) is 0 Å². The monoisotopic (exact) mass is 489 g/mol. The summed E-state index contributed by atoms with van der Waals surface area (Å²) in [5, 5.41) is 20.7. The Hall–Kier alpha value is -3.23. The number of aliphatic hydroxyl groups excluding tert-OH is 2. The van der Waals surface area contributed by atoms with Gasteiger partial charge < -0.3 is 29.3 Å². The quantitative estimate of drug-likeness (QED) is 0.296. The summed E-state index contributed by atoms with van der Waals surface area (Å²) in [4.78, 5) is 27.7. The lowest BCUT2D eigenvalue weighted by atomic mass is 9.94. The minimum absolute atomic E-state index is 0.0666. The Morgan fingerprint density at radius 1 is 1.12 bits per heavy atom. The molecule has 0 radical (unpaired) electrons. The van der Waals surface area contributed by atoms with Gasteiger partial charge in [0.25, 0.3) is 11.7 Å².